The SMILES string of the molecule is CC(C)(O)COc1cc(-c2ccc(N3C[C@@H]4C(C(=O)O)[C@@H]4C3)nc2)c2c(C#N)cnn2c1.COc1ccc(CN)cn1.COc1ccc(CNC(=O)C2[C@H]3CN(c4ccc(-c5cc(OCC(C)(C)C)cn6ncc(C#N)c56)cn4)C[C@@H]23)cn1. The number of carbonyl (C=O) groups is 2. The Hall–Kier alpha value is -9.38. The number of nitrogens with two attached hydrogens (primary N) is 1. The van der Waals surface area contributed by atoms with Crippen molar-refractivity contribution in [3.8, 4) is 57.7 Å². The maximum absolute atomic E-state index is 12.8. The number of carboxylic acids is 1. The van der Waals surface area contributed by atoms with Crippen LogP contribution in [0.3, 0.4) is 0 Å². The van der Waals surface area contributed by atoms with E-state index < -0.39 is 11.6 Å². The molecule has 10 heterocycles. The standard InChI is InChI=1S/C31H33N7O3.C23H23N5O4.C7H10N2O/c1-31(2,3)18-41-22-9-23(29-21(10-32)14-36-38(29)15-22)20-6-7-26(33-13-20)37-16-24-25(17-37)28(24)30(39)35-12-19-5-8-27(40-4)34-11-19;1-23(2,31)12-32-15-5-16(21-14(6-24)8-26-28(21)9-15)13-3-4-19(25-7-13)27-10-17-18(11-27)20(17)22(29)30;1-10-7-3-2-6(4-8)5-9-7/h5-9,11,13-15,24-25,28H,12,16-18H2,1-4H3,(H,35,39);3-5,7-9,17-18,20,31H,10-12H2,1-2H3,(H,29,30);2-3,5H,4,8H2,1H3/t24-,25+,28?;17-,18+,20?;. The summed E-state index contributed by atoms with van der Waals surface area (Å²) >= 11 is 0. The zero-order valence-corrected chi connectivity index (χ0v) is 47.3. The Morgan fingerprint density at radius 1 is 0.651 bits per heavy atom. The van der Waals surface area contributed by atoms with Gasteiger partial charge in [0.1, 0.15) is 41.9 Å². The molecular weight excluding hydrogens is 1060 g/mol. The smallest absolute Gasteiger partial charge is 0.307 e. The molecule has 1 amide bonds. The van der Waals surface area contributed by atoms with Crippen molar-refractivity contribution in [2.75, 3.05) is 63.4 Å². The Labute approximate surface area is 480 Å². The first-order chi connectivity index (χ1) is 39.8. The van der Waals surface area contributed by atoms with E-state index in [1.165, 1.54) is 6.20 Å². The van der Waals surface area contributed by atoms with Gasteiger partial charge in [0, 0.05) is 104 Å². The van der Waals surface area contributed by atoms with E-state index in [0.29, 0.717) is 84.5 Å². The van der Waals surface area contributed by atoms with Crippen molar-refractivity contribution in [2.24, 2.45) is 46.7 Å². The minimum Gasteiger partial charge on any atom is -0.491 e. The first-order valence-corrected chi connectivity index (χ1v) is 27.3. The van der Waals surface area contributed by atoms with Crippen LogP contribution in [0.2, 0.25) is 0 Å². The molecule has 2 saturated heterocycles. The highest BCUT2D eigenvalue weighted by Crippen LogP contribution is 2.53. The highest BCUT2D eigenvalue weighted by Gasteiger charge is 2.60. The molecule has 83 heavy (non-hydrogen) atoms. The molecule has 22 nitrogen and oxygen atoms in total. The molecule has 22 heteroatoms. The number of anilines is 2. The van der Waals surface area contributed by atoms with E-state index >= 15 is 0 Å². The highest BCUT2D eigenvalue weighted by molar-refractivity contribution is 5.87. The third kappa shape index (κ3) is 12.9. The van der Waals surface area contributed by atoms with Crippen LogP contribution in [-0.2, 0) is 22.7 Å². The molecule has 0 radical (unpaired) electrons. The number of aliphatic carboxylic acids is 1. The molecule has 0 bridgehead atoms. The Morgan fingerprint density at radius 3 is 1.51 bits per heavy atom. The molecule has 2 aliphatic carbocycles. The molecule has 4 aliphatic rings. The number of pyridine rings is 6. The lowest BCUT2D eigenvalue weighted by Gasteiger charge is -2.21. The topological polar surface area (TPSA) is 290 Å². The number of aliphatic hydroxyl groups is 1. The number of hydrogen-bond donors (Lipinski definition) is 4. The van der Waals surface area contributed by atoms with Crippen LogP contribution >= 0.6 is 0 Å². The molecule has 6 atom stereocenters. The third-order valence-corrected chi connectivity index (χ3v) is 15.1. The number of piperidine rings is 2. The number of rotatable bonds is 16. The Balaban J connectivity index is 0.000000162. The van der Waals surface area contributed by atoms with Crippen LogP contribution in [0.1, 0.15) is 56.9 Å². The van der Waals surface area contributed by atoms with Gasteiger partial charge in [-0.2, -0.15) is 20.7 Å². The van der Waals surface area contributed by atoms with Crippen LogP contribution in [0.25, 0.3) is 33.3 Å². The molecule has 2 aliphatic heterocycles. The minimum atomic E-state index is -0.990. The van der Waals surface area contributed by atoms with Crippen LogP contribution < -0.4 is 39.8 Å². The molecule has 12 rings (SSSR count). The second kappa shape index (κ2) is 23.6. The largest absolute Gasteiger partial charge is 0.491 e. The predicted octanol–water partition coefficient (Wildman–Crippen LogP) is 6.83. The van der Waals surface area contributed by atoms with Crippen molar-refractivity contribution in [2.45, 2.75) is 53.3 Å². The second-order valence-corrected chi connectivity index (χ2v) is 23.1. The van der Waals surface area contributed by atoms with Crippen LogP contribution in [0.15, 0.2) is 110 Å². The molecule has 8 aromatic heterocycles. The van der Waals surface area contributed by atoms with Crippen LogP contribution in [0.5, 0.6) is 23.3 Å². The van der Waals surface area contributed by atoms with Gasteiger partial charge in [-0.25, -0.2) is 29.0 Å². The van der Waals surface area contributed by atoms with E-state index in [0.717, 1.165) is 63.6 Å². The summed E-state index contributed by atoms with van der Waals surface area (Å²) in [6.45, 7) is 14.4. The number of nitriles is 2. The number of carbonyl (C=O) groups excluding carboxylic acids is 1. The number of methoxy groups -OCH3 is 2. The maximum Gasteiger partial charge on any atom is 0.307 e. The minimum absolute atomic E-state index is 0.00436. The van der Waals surface area contributed by atoms with E-state index in [-0.39, 0.29) is 41.6 Å². The summed E-state index contributed by atoms with van der Waals surface area (Å²) in [5, 5.41) is 50.1. The molecule has 5 N–H and O–H groups in total. The quantitative estimate of drug-likeness (QED) is 0.0771. The van der Waals surface area contributed by atoms with E-state index in [2.05, 4.69) is 73.2 Å². The zero-order valence-electron chi connectivity index (χ0n) is 47.3. The van der Waals surface area contributed by atoms with Crippen molar-refractivity contribution >= 4 is 34.5 Å². The molecule has 0 aromatic carbocycles. The molecule has 428 valence electrons. The summed E-state index contributed by atoms with van der Waals surface area (Å²) in [6, 6.07) is 23.5. The van der Waals surface area contributed by atoms with E-state index in [1.54, 1.807) is 80.2 Å². The summed E-state index contributed by atoms with van der Waals surface area (Å²) in [7, 11) is 3.17. The van der Waals surface area contributed by atoms with E-state index in [1.807, 2.05) is 60.9 Å². The fourth-order valence-electron chi connectivity index (χ4n) is 10.8. The molecule has 8 aromatic rings. The Morgan fingerprint density at radius 2 is 1.12 bits per heavy atom. The van der Waals surface area contributed by atoms with Gasteiger partial charge in [-0.15, -0.1) is 0 Å². The fourth-order valence-corrected chi connectivity index (χ4v) is 10.8. The molecular formula is C61H66N14O8. The third-order valence-electron chi connectivity index (χ3n) is 15.1. The van der Waals surface area contributed by atoms with E-state index in [9.17, 15) is 30.3 Å². The lowest BCUT2D eigenvalue weighted by atomic mass is 9.99. The normalized spacial score (nSPS) is 19.2. The molecule has 4 fully saturated rings. The number of fused-ring (bicyclic) bond motifs is 4. The first-order valence-electron chi connectivity index (χ1n) is 27.3. The van der Waals surface area contributed by atoms with E-state index in [4.69, 9.17) is 29.7 Å². The summed E-state index contributed by atoms with van der Waals surface area (Å²) in [5.74, 6) is 4.42. The van der Waals surface area contributed by atoms with Gasteiger partial charge in [0.25, 0.3) is 0 Å². The highest BCUT2D eigenvalue weighted by atomic mass is 16.5. The van der Waals surface area contributed by atoms with Gasteiger partial charge < -0.3 is 50.0 Å². The van der Waals surface area contributed by atoms with Gasteiger partial charge in [-0.3, -0.25) is 9.59 Å². The van der Waals surface area contributed by atoms with Crippen molar-refractivity contribution in [1.29, 1.82) is 10.5 Å². The number of nitrogens with one attached hydrogen (secondary N) is 1. The molecule has 2 saturated carbocycles. The van der Waals surface area contributed by atoms with Crippen molar-refractivity contribution in [3.05, 3.63) is 132 Å². The van der Waals surface area contributed by atoms with Gasteiger partial charge in [-0.1, -0.05) is 32.9 Å². The monoisotopic (exact) mass is 1120 g/mol. The van der Waals surface area contributed by atoms with Gasteiger partial charge in [0.2, 0.25) is 17.7 Å². The first kappa shape index (κ1) is 56.9. The van der Waals surface area contributed by atoms with Crippen LogP contribution in [-0.4, -0.2) is 120 Å². The lowest BCUT2D eigenvalue weighted by molar-refractivity contribution is -0.139. The number of aromatic nitrogens is 8. The lowest BCUT2D eigenvalue weighted by Crippen LogP contribution is -2.31. The van der Waals surface area contributed by atoms with Crippen molar-refractivity contribution in [3.63, 3.8) is 0 Å². The zero-order chi connectivity index (χ0) is 58.7. The average Bonchev–Trinajstić information content (AvgIpc) is 4.03. The van der Waals surface area contributed by atoms with Crippen molar-refractivity contribution in [1.82, 2.24) is 44.5 Å². The number of ether oxygens (including phenoxy) is 4. The summed E-state index contributed by atoms with van der Waals surface area (Å²) in [6.07, 6.45) is 13.6. The number of amides is 1. The number of nitrogens with zero attached hydrogens (tertiary/aromatic N) is 12. The fraction of sp³-hybridized carbons (Fsp3) is 0.377. The van der Waals surface area contributed by atoms with Crippen LogP contribution in [0, 0.1) is 63.6 Å². The summed E-state index contributed by atoms with van der Waals surface area (Å²) < 4.78 is 25.1. The summed E-state index contributed by atoms with van der Waals surface area (Å²) in [5.41, 5.74) is 11.9. The van der Waals surface area contributed by atoms with Gasteiger partial charge in [-0.05, 0) is 90.5 Å². The Kier molecular flexibility index (Phi) is 16.2. The average molecular weight is 1120 g/mol. The van der Waals surface area contributed by atoms with Crippen LogP contribution in [0.4, 0.5) is 11.6 Å². The summed E-state index contributed by atoms with van der Waals surface area (Å²) in [4.78, 5) is 45.9. The van der Waals surface area contributed by atoms with Gasteiger partial charge >= 0.3 is 5.97 Å². The van der Waals surface area contributed by atoms with Gasteiger partial charge in [0.05, 0.1) is 79.3 Å². The Bertz CT molecular complexity index is 3670. The molecule has 0 spiro atoms. The maximum atomic E-state index is 12.8. The second-order valence-electron chi connectivity index (χ2n) is 23.1. The van der Waals surface area contributed by atoms with Gasteiger partial charge in [0.15, 0.2) is 0 Å². The predicted molar refractivity (Wildman–Crippen MR) is 307 cm³/mol. The molecule has 2 unspecified atom stereocenters. The van der Waals surface area contributed by atoms with Crippen molar-refractivity contribution < 1.29 is 38.7 Å². The number of carboxylic acid groups (broad SMARTS) is 1. The number of hydrogen-bond acceptors (Lipinski definition) is 18.